The van der Waals surface area contributed by atoms with Gasteiger partial charge < -0.3 is 10.7 Å². The van der Waals surface area contributed by atoms with Crippen molar-refractivity contribution in [3.05, 3.63) is 90.3 Å². The van der Waals surface area contributed by atoms with Gasteiger partial charge in [-0.25, -0.2) is 15.0 Å². The molecule has 3 aromatic heterocycles. The molecule has 4 heterocycles. The predicted molar refractivity (Wildman–Crippen MR) is 148 cm³/mol. The zero-order valence-corrected chi connectivity index (χ0v) is 20.7. The summed E-state index contributed by atoms with van der Waals surface area (Å²) in [6.45, 7) is 3.04. The summed E-state index contributed by atoms with van der Waals surface area (Å²) in [4.78, 5) is 20.4. The predicted octanol–water partition coefficient (Wildman–Crippen LogP) is 5.58. The molecule has 1 fully saturated rings. The van der Waals surface area contributed by atoms with Gasteiger partial charge >= 0.3 is 0 Å². The molecule has 0 spiro atoms. The minimum atomic E-state index is 0.505. The molecule has 7 heteroatoms. The average Bonchev–Trinajstić information content (AvgIpc) is 3.51. The molecule has 1 saturated heterocycles. The number of hydrogen-bond acceptors (Lipinski definition) is 5. The van der Waals surface area contributed by atoms with Gasteiger partial charge in [0, 0.05) is 24.4 Å². The smallest absolute Gasteiger partial charge is 0.150 e. The van der Waals surface area contributed by atoms with E-state index in [0.29, 0.717) is 5.82 Å². The molecule has 7 nitrogen and oxygen atoms in total. The van der Waals surface area contributed by atoms with Crippen molar-refractivity contribution in [2.75, 3.05) is 18.8 Å². The fourth-order valence-electron chi connectivity index (χ4n) is 5.73. The first-order valence-electron chi connectivity index (χ1n) is 13.0. The van der Waals surface area contributed by atoms with Crippen molar-refractivity contribution in [3.8, 4) is 11.3 Å². The monoisotopic (exact) mass is 487 g/mol. The third-order valence-corrected chi connectivity index (χ3v) is 7.54. The van der Waals surface area contributed by atoms with E-state index in [1.807, 2.05) is 24.4 Å². The Morgan fingerprint density at radius 2 is 1.68 bits per heavy atom. The summed E-state index contributed by atoms with van der Waals surface area (Å²) < 4.78 is 2.13. The normalized spacial score (nSPS) is 14.7. The Bertz CT molecular complexity index is 1710. The number of anilines is 1. The van der Waals surface area contributed by atoms with Crippen molar-refractivity contribution in [1.29, 1.82) is 0 Å². The van der Waals surface area contributed by atoms with Crippen molar-refractivity contribution >= 4 is 33.1 Å². The van der Waals surface area contributed by atoms with Gasteiger partial charge in [0.05, 0.1) is 17.6 Å². The molecule has 0 radical (unpaired) electrons. The average molecular weight is 488 g/mol. The highest BCUT2D eigenvalue weighted by molar-refractivity contribution is 6.02. The number of nitrogens with zero attached hydrogens (tertiary/aromatic N) is 5. The van der Waals surface area contributed by atoms with Crippen molar-refractivity contribution in [1.82, 2.24) is 29.2 Å². The minimum Gasteiger partial charge on any atom is -0.382 e. The van der Waals surface area contributed by atoms with Crippen LogP contribution >= 0.6 is 0 Å². The molecule has 0 atom stereocenters. The molecular formula is C30H29N7. The topological polar surface area (TPSA) is 88.1 Å². The lowest BCUT2D eigenvalue weighted by Gasteiger charge is -2.25. The van der Waals surface area contributed by atoms with E-state index in [1.54, 1.807) is 6.20 Å². The van der Waals surface area contributed by atoms with Gasteiger partial charge in [0.2, 0.25) is 0 Å². The summed E-state index contributed by atoms with van der Waals surface area (Å²) in [7, 11) is 0. The van der Waals surface area contributed by atoms with E-state index in [-0.39, 0.29) is 0 Å². The summed E-state index contributed by atoms with van der Waals surface area (Å²) in [5.41, 5.74) is 12.6. The second-order valence-corrected chi connectivity index (χ2v) is 9.94. The van der Waals surface area contributed by atoms with Gasteiger partial charge in [0.15, 0.2) is 0 Å². The van der Waals surface area contributed by atoms with Crippen molar-refractivity contribution in [2.45, 2.75) is 32.2 Å². The number of para-hydroxylation sites is 2. The molecule has 0 saturated carbocycles. The highest BCUT2D eigenvalue weighted by atomic mass is 15.2. The molecule has 0 amide bonds. The summed E-state index contributed by atoms with van der Waals surface area (Å²) in [5.74, 6) is 2.48. The van der Waals surface area contributed by atoms with Crippen LogP contribution in [0.3, 0.4) is 0 Å². The molecule has 37 heavy (non-hydrogen) atoms. The van der Waals surface area contributed by atoms with Crippen LogP contribution < -0.4 is 5.73 Å². The number of H-pyrrole nitrogens is 1. The number of piperidine rings is 1. The van der Waals surface area contributed by atoms with Crippen LogP contribution in [0.25, 0.3) is 38.6 Å². The number of aromatic nitrogens is 5. The maximum Gasteiger partial charge on any atom is 0.150 e. The van der Waals surface area contributed by atoms with Gasteiger partial charge in [-0.3, -0.25) is 9.30 Å². The van der Waals surface area contributed by atoms with Crippen LogP contribution in [-0.4, -0.2) is 42.3 Å². The van der Waals surface area contributed by atoms with Crippen molar-refractivity contribution in [3.63, 3.8) is 0 Å². The van der Waals surface area contributed by atoms with Gasteiger partial charge in [0.25, 0.3) is 0 Å². The third-order valence-electron chi connectivity index (χ3n) is 7.54. The second-order valence-electron chi connectivity index (χ2n) is 9.94. The minimum absolute atomic E-state index is 0.505. The maximum absolute atomic E-state index is 6.46. The molecule has 3 aromatic carbocycles. The summed E-state index contributed by atoms with van der Waals surface area (Å²) in [6, 6.07) is 21.1. The van der Waals surface area contributed by atoms with Crippen LogP contribution in [0.5, 0.6) is 0 Å². The van der Waals surface area contributed by atoms with Crippen LogP contribution in [0.4, 0.5) is 5.82 Å². The number of imidazole rings is 2. The largest absolute Gasteiger partial charge is 0.382 e. The van der Waals surface area contributed by atoms with Gasteiger partial charge in [-0.15, -0.1) is 0 Å². The first-order chi connectivity index (χ1) is 18.2. The third kappa shape index (κ3) is 3.92. The first kappa shape index (κ1) is 22.0. The van der Waals surface area contributed by atoms with Crippen LogP contribution in [0.1, 0.15) is 36.5 Å². The second kappa shape index (κ2) is 9.01. The van der Waals surface area contributed by atoms with Crippen LogP contribution in [0.15, 0.2) is 73.1 Å². The van der Waals surface area contributed by atoms with E-state index in [1.165, 1.54) is 30.2 Å². The standard InChI is InChI=1S/C30H29N7/c31-30-29-28(35-27(37(29)17-14-32-30)19-36-15-6-1-7-16-36)23-13-12-20(21-8-2-3-9-22(21)23)18-26-33-24-10-4-5-11-25(24)34-26/h2-5,8-14,17H,1,6-7,15-16,18-19H2,(H2,31,32)(H,33,34). The maximum atomic E-state index is 6.46. The highest BCUT2D eigenvalue weighted by Crippen LogP contribution is 2.35. The molecule has 6 aromatic rings. The zero-order valence-electron chi connectivity index (χ0n) is 20.7. The lowest BCUT2D eigenvalue weighted by Crippen LogP contribution is -2.29. The number of likely N-dealkylation sites (tertiary alicyclic amines) is 1. The number of hydrogen-bond donors (Lipinski definition) is 2. The van der Waals surface area contributed by atoms with E-state index in [2.05, 4.69) is 61.7 Å². The Hall–Kier alpha value is -4.23. The SMILES string of the molecule is Nc1nccn2c(CN3CCCCC3)nc(-c3ccc(Cc4nc5ccccc5[nH]4)c4ccccc34)c12. The number of aromatic amines is 1. The number of nitrogens with one attached hydrogen (secondary N) is 1. The molecule has 7 rings (SSSR count). The summed E-state index contributed by atoms with van der Waals surface area (Å²) in [6.07, 6.45) is 8.28. The fraction of sp³-hybridized carbons (Fsp3) is 0.233. The molecule has 3 N–H and O–H groups in total. The van der Waals surface area contributed by atoms with E-state index in [9.17, 15) is 0 Å². The van der Waals surface area contributed by atoms with Gasteiger partial charge in [-0.05, 0) is 54.4 Å². The highest BCUT2D eigenvalue weighted by Gasteiger charge is 2.21. The number of rotatable bonds is 5. The van der Waals surface area contributed by atoms with Crippen LogP contribution in [0, 0.1) is 0 Å². The Morgan fingerprint density at radius 3 is 2.54 bits per heavy atom. The van der Waals surface area contributed by atoms with Gasteiger partial charge in [0.1, 0.15) is 28.7 Å². The Morgan fingerprint density at radius 1 is 0.865 bits per heavy atom. The fourth-order valence-corrected chi connectivity index (χ4v) is 5.73. The van der Waals surface area contributed by atoms with Crippen molar-refractivity contribution in [2.24, 2.45) is 0 Å². The Balaban J connectivity index is 1.34. The number of benzene rings is 3. The Labute approximate surface area is 215 Å². The number of nitrogens with two attached hydrogens (primary N) is 1. The van der Waals surface area contributed by atoms with E-state index in [0.717, 1.165) is 70.9 Å². The number of fused-ring (bicyclic) bond motifs is 3. The number of nitrogen functional groups attached to an aromatic ring is 1. The summed E-state index contributed by atoms with van der Waals surface area (Å²) >= 11 is 0. The zero-order chi connectivity index (χ0) is 24.8. The molecular weight excluding hydrogens is 458 g/mol. The van der Waals surface area contributed by atoms with Crippen LogP contribution in [0.2, 0.25) is 0 Å². The summed E-state index contributed by atoms with van der Waals surface area (Å²) in [5, 5.41) is 2.35. The molecule has 1 aliphatic rings. The van der Waals surface area contributed by atoms with Crippen LogP contribution in [-0.2, 0) is 13.0 Å². The van der Waals surface area contributed by atoms with E-state index >= 15 is 0 Å². The molecule has 1 aliphatic heterocycles. The van der Waals surface area contributed by atoms with E-state index in [4.69, 9.17) is 15.7 Å². The molecule has 0 bridgehead atoms. The van der Waals surface area contributed by atoms with E-state index < -0.39 is 0 Å². The van der Waals surface area contributed by atoms with Gasteiger partial charge in [-0.2, -0.15) is 0 Å². The quantitative estimate of drug-likeness (QED) is 0.331. The van der Waals surface area contributed by atoms with Gasteiger partial charge in [-0.1, -0.05) is 55.0 Å². The Kier molecular flexibility index (Phi) is 5.36. The first-order valence-corrected chi connectivity index (χ1v) is 13.0. The molecule has 0 unspecified atom stereocenters. The lowest BCUT2D eigenvalue weighted by molar-refractivity contribution is 0.215. The van der Waals surface area contributed by atoms with Crippen molar-refractivity contribution < 1.29 is 0 Å². The molecule has 184 valence electrons. The lowest BCUT2D eigenvalue weighted by atomic mass is 9.96. The molecule has 0 aliphatic carbocycles.